The second-order valence-corrected chi connectivity index (χ2v) is 13.2. The topological polar surface area (TPSA) is 44.1 Å². The van der Waals surface area contributed by atoms with Crippen molar-refractivity contribution in [2.75, 3.05) is 0 Å². The van der Waals surface area contributed by atoms with Gasteiger partial charge in [-0.3, -0.25) is 4.57 Å². The van der Waals surface area contributed by atoms with Gasteiger partial charge in [-0.1, -0.05) is 115 Å². The molecule has 0 aliphatic heterocycles. The van der Waals surface area contributed by atoms with Crippen molar-refractivity contribution in [3.8, 4) is 39.3 Å². The maximum atomic E-state index is 6.56. The van der Waals surface area contributed by atoms with Crippen molar-refractivity contribution in [3.63, 3.8) is 0 Å². The molecule has 11 rings (SSSR count). The predicted molar refractivity (Wildman–Crippen MR) is 209 cm³/mol. The summed E-state index contributed by atoms with van der Waals surface area (Å²) in [6.07, 6.45) is 0. The van der Waals surface area contributed by atoms with E-state index in [0.717, 1.165) is 88.7 Å². The SMILES string of the molecule is c1ccc(-c2nc3ccccc3n2-c2ccc(-c3ccc4cc(-c5cc6c7ccccc7oc6c6c5oc5ccccc56)ccc4c3)cc2)cc1. The third-order valence-corrected chi connectivity index (χ3v) is 10.2. The first kappa shape index (κ1) is 28.0. The van der Waals surface area contributed by atoms with Gasteiger partial charge in [0.1, 0.15) is 28.2 Å². The number of benzene rings is 8. The molecule has 4 nitrogen and oxygen atoms in total. The van der Waals surface area contributed by atoms with Crippen LogP contribution in [0.5, 0.6) is 0 Å². The van der Waals surface area contributed by atoms with Crippen molar-refractivity contribution >= 4 is 65.7 Å². The van der Waals surface area contributed by atoms with Gasteiger partial charge in [0.05, 0.1) is 16.4 Å². The van der Waals surface area contributed by atoms with Gasteiger partial charge in [-0.05, 0) is 82.1 Å². The van der Waals surface area contributed by atoms with Crippen LogP contribution in [0.2, 0.25) is 0 Å². The van der Waals surface area contributed by atoms with E-state index in [-0.39, 0.29) is 0 Å². The average molecular weight is 653 g/mol. The average Bonchev–Trinajstić information content (AvgIpc) is 3.89. The summed E-state index contributed by atoms with van der Waals surface area (Å²) in [7, 11) is 0. The molecule has 0 bridgehead atoms. The standard InChI is InChI=1S/C47H28N2O2/c1-2-10-30(11-3-1)47-48-40-14-6-7-15-41(40)49(47)35-24-22-29(23-25-35)31-18-19-33-27-34(21-20-32(33)26-31)38-28-39-36-12-4-8-16-42(36)50-46(39)44-37-13-5-9-17-43(37)51-45(38)44/h1-28H. The summed E-state index contributed by atoms with van der Waals surface area (Å²) in [6.45, 7) is 0. The fourth-order valence-corrected chi connectivity index (χ4v) is 7.74. The highest BCUT2D eigenvalue weighted by Gasteiger charge is 2.21. The number of furan rings is 2. The largest absolute Gasteiger partial charge is 0.455 e. The van der Waals surface area contributed by atoms with Gasteiger partial charge in [-0.15, -0.1) is 0 Å². The Labute approximate surface area is 292 Å². The van der Waals surface area contributed by atoms with Crippen LogP contribution in [0, 0.1) is 0 Å². The molecule has 238 valence electrons. The van der Waals surface area contributed by atoms with E-state index >= 15 is 0 Å². The van der Waals surface area contributed by atoms with Crippen molar-refractivity contribution in [2.45, 2.75) is 0 Å². The van der Waals surface area contributed by atoms with Crippen molar-refractivity contribution in [1.82, 2.24) is 9.55 Å². The number of rotatable bonds is 4. The Hall–Kier alpha value is -6.91. The van der Waals surface area contributed by atoms with Crippen molar-refractivity contribution < 1.29 is 8.83 Å². The quantitative estimate of drug-likeness (QED) is 0.190. The lowest BCUT2D eigenvalue weighted by Gasteiger charge is -2.11. The van der Waals surface area contributed by atoms with Gasteiger partial charge in [0.2, 0.25) is 0 Å². The minimum atomic E-state index is 0.847. The van der Waals surface area contributed by atoms with Gasteiger partial charge in [0, 0.05) is 33.0 Å². The predicted octanol–water partition coefficient (Wildman–Crippen LogP) is 13.0. The zero-order valence-corrected chi connectivity index (χ0v) is 27.4. The molecule has 0 N–H and O–H groups in total. The van der Waals surface area contributed by atoms with E-state index in [0.29, 0.717) is 0 Å². The van der Waals surface area contributed by atoms with Gasteiger partial charge in [0.25, 0.3) is 0 Å². The van der Waals surface area contributed by atoms with E-state index < -0.39 is 0 Å². The molecule has 0 spiro atoms. The fraction of sp³-hybridized carbons (Fsp3) is 0. The Balaban J connectivity index is 1.00. The molecular formula is C47H28N2O2. The van der Waals surface area contributed by atoms with Crippen molar-refractivity contribution in [1.29, 1.82) is 0 Å². The van der Waals surface area contributed by atoms with E-state index in [1.807, 2.05) is 36.4 Å². The summed E-state index contributed by atoms with van der Waals surface area (Å²) in [6, 6.07) is 59.6. The second-order valence-electron chi connectivity index (χ2n) is 13.2. The highest BCUT2D eigenvalue weighted by atomic mass is 16.3. The first-order valence-electron chi connectivity index (χ1n) is 17.2. The molecule has 0 saturated carbocycles. The maximum absolute atomic E-state index is 6.56. The lowest BCUT2D eigenvalue weighted by atomic mass is 9.95. The maximum Gasteiger partial charge on any atom is 0.147 e. The van der Waals surface area contributed by atoms with Crippen LogP contribution in [0.4, 0.5) is 0 Å². The normalized spacial score (nSPS) is 11.9. The van der Waals surface area contributed by atoms with E-state index in [9.17, 15) is 0 Å². The molecule has 8 aromatic carbocycles. The molecule has 0 fully saturated rings. The Morgan fingerprint density at radius 2 is 1.06 bits per heavy atom. The monoisotopic (exact) mass is 652 g/mol. The fourth-order valence-electron chi connectivity index (χ4n) is 7.74. The lowest BCUT2D eigenvalue weighted by Crippen LogP contribution is -1.97. The molecule has 0 aliphatic carbocycles. The number of imidazole rings is 1. The van der Waals surface area contributed by atoms with Crippen LogP contribution in [-0.4, -0.2) is 9.55 Å². The summed E-state index contributed by atoms with van der Waals surface area (Å²) < 4.78 is 15.3. The smallest absolute Gasteiger partial charge is 0.147 e. The van der Waals surface area contributed by atoms with Gasteiger partial charge in [0.15, 0.2) is 0 Å². The Morgan fingerprint density at radius 3 is 1.88 bits per heavy atom. The van der Waals surface area contributed by atoms with Crippen molar-refractivity contribution in [3.05, 3.63) is 170 Å². The highest BCUT2D eigenvalue weighted by Crippen LogP contribution is 2.44. The Bertz CT molecular complexity index is 3130. The molecule has 0 radical (unpaired) electrons. The molecule has 0 atom stereocenters. The third-order valence-electron chi connectivity index (χ3n) is 10.2. The van der Waals surface area contributed by atoms with Crippen LogP contribution in [-0.2, 0) is 0 Å². The molecular weight excluding hydrogens is 625 g/mol. The molecule has 51 heavy (non-hydrogen) atoms. The van der Waals surface area contributed by atoms with E-state index in [1.165, 1.54) is 16.3 Å². The summed E-state index contributed by atoms with van der Waals surface area (Å²) in [4.78, 5) is 5.01. The molecule has 0 aliphatic rings. The Kier molecular flexibility index (Phi) is 5.92. The zero-order valence-electron chi connectivity index (χ0n) is 27.4. The number of hydrogen-bond acceptors (Lipinski definition) is 3. The summed E-state index contributed by atoms with van der Waals surface area (Å²) in [5.41, 5.74) is 12.2. The van der Waals surface area contributed by atoms with Crippen LogP contribution in [0.1, 0.15) is 0 Å². The molecule has 3 aromatic heterocycles. The lowest BCUT2D eigenvalue weighted by molar-refractivity contribution is 0.663. The molecule has 0 saturated heterocycles. The molecule has 4 heteroatoms. The van der Waals surface area contributed by atoms with E-state index in [4.69, 9.17) is 13.8 Å². The first-order valence-corrected chi connectivity index (χ1v) is 17.2. The van der Waals surface area contributed by atoms with Crippen LogP contribution in [0.3, 0.4) is 0 Å². The number of fused-ring (bicyclic) bond motifs is 9. The van der Waals surface area contributed by atoms with Gasteiger partial charge in [-0.2, -0.15) is 0 Å². The second kappa shape index (κ2) is 10.8. The molecule has 0 amide bonds. The van der Waals surface area contributed by atoms with Gasteiger partial charge >= 0.3 is 0 Å². The van der Waals surface area contributed by atoms with Gasteiger partial charge < -0.3 is 8.83 Å². The van der Waals surface area contributed by atoms with Crippen molar-refractivity contribution in [2.24, 2.45) is 0 Å². The summed E-state index contributed by atoms with van der Waals surface area (Å²) in [5, 5.41) is 6.64. The highest BCUT2D eigenvalue weighted by molar-refractivity contribution is 6.25. The molecule has 11 aromatic rings. The van der Waals surface area contributed by atoms with Crippen LogP contribution >= 0.6 is 0 Å². The number of para-hydroxylation sites is 4. The number of aromatic nitrogens is 2. The number of nitrogens with zero attached hydrogens (tertiary/aromatic N) is 2. The van der Waals surface area contributed by atoms with Gasteiger partial charge in [-0.25, -0.2) is 4.98 Å². The van der Waals surface area contributed by atoms with Crippen LogP contribution in [0.15, 0.2) is 179 Å². The first-order chi connectivity index (χ1) is 25.3. The van der Waals surface area contributed by atoms with Crippen LogP contribution in [0.25, 0.3) is 105 Å². The zero-order chi connectivity index (χ0) is 33.5. The van der Waals surface area contributed by atoms with E-state index in [1.54, 1.807) is 0 Å². The van der Waals surface area contributed by atoms with Crippen LogP contribution < -0.4 is 0 Å². The summed E-state index contributed by atoms with van der Waals surface area (Å²) in [5.74, 6) is 0.936. The number of hydrogen-bond donors (Lipinski definition) is 0. The van der Waals surface area contributed by atoms with E-state index in [2.05, 4.69) is 138 Å². The minimum Gasteiger partial charge on any atom is -0.455 e. The molecule has 3 heterocycles. The Morgan fingerprint density at radius 1 is 0.431 bits per heavy atom. The minimum absolute atomic E-state index is 0.847. The summed E-state index contributed by atoms with van der Waals surface area (Å²) >= 11 is 0. The third kappa shape index (κ3) is 4.30. The molecule has 0 unspecified atom stereocenters.